The molecule has 0 aromatic carbocycles. The van der Waals surface area contributed by atoms with Crippen molar-refractivity contribution < 1.29 is 13.2 Å². The van der Waals surface area contributed by atoms with E-state index in [0.29, 0.717) is 12.8 Å². The van der Waals surface area contributed by atoms with Crippen molar-refractivity contribution in [1.82, 2.24) is 0 Å². The summed E-state index contributed by atoms with van der Waals surface area (Å²) in [4.78, 5) is 0. The van der Waals surface area contributed by atoms with Crippen molar-refractivity contribution in [3.8, 4) is 0 Å². The maximum atomic E-state index is 10.8. The van der Waals surface area contributed by atoms with Crippen molar-refractivity contribution in [1.29, 1.82) is 0 Å². The highest BCUT2D eigenvalue weighted by Gasteiger charge is 2.39. The van der Waals surface area contributed by atoms with Crippen molar-refractivity contribution in [3.05, 3.63) is 0 Å². The minimum absolute atomic E-state index is 0.0542. The van der Waals surface area contributed by atoms with Gasteiger partial charge in [-0.2, -0.15) is 0 Å². The van der Waals surface area contributed by atoms with Crippen LogP contribution in [0.5, 0.6) is 0 Å². The van der Waals surface area contributed by atoms with Crippen LogP contribution in [0.1, 0.15) is 33.6 Å². The summed E-state index contributed by atoms with van der Waals surface area (Å²) in [5, 5.41) is -0.401. The Kier molecular flexibility index (Phi) is 2.95. The lowest BCUT2D eigenvalue weighted by atomic mass is 9.94. The minimum Gasteiger partial charge on any atom is -0.373 e. The monoisotopic (exact) mass is 226 g/mol. The summed E-state index contributed by atoms with van der Waals surface area (Å²) in [7, 11) is 1.83. The van der Waals surface area contributed by atoms with Crippen molar-refractivity contribution in [2.24, 2.45) is 0 Å². The van der Waals surface area contributed by atoms with E-state index in [4.69, 9.17) is 15.4 Å². The molecule has 0 saturated heterocycles. The zero-order valence-corrected chi connectivity index (χ0v) is 9.65. The lowest BCUT2D eigenvalue weighted by Gasteiger charge is -2.37. The van der Waals surface area contributed by atoms with Crippen molar-refractivity contribution in [2.45, 2.75) is 50.6 Å². The highest BCUT2D eigenvalue weighted by Crippen LogP contribution is 2.33. The molecule has 0 N–H and O–H groups in total. The summed E-state index contributed by atoms with van der Waals surface area (Å²) in [6.07, 6.45) is 1.12. The van der Waals surface area contributed by atoms with E-state index in [1.165, 1.54) is 0 Å². The third kappa shape index (κ3) is 3.44. The average Bonchev–Trinajstić information content (AvgIpc) is 1.71. The second-order valence-electron chi connectivity index (χ2n) is 4.42. The van der Waals surface area contributed by atoms with Gasteiger partial charge in [0, 0.05) is 10.7 Å². The molecule has 0 heterocycles. The highest BCUT2D eigenvalue weighted by atomic mass is 35.7. The summed E-state index contributed by atoms with van der Waals surface area (Å²) >= 11 is 0. The van der Waals surface area contributed by atoms with Crippen LogP contribution in [-0.4, -0.2) is 25.4 Å². The summed E-state index contributed by atoms with van der Waals surface area (Å²) in [6.45, 7) is 5.86. The van der Waals surface area contributed by atoms with Crippen molar-refractivity contribution in [2.75, 3.05) is 0 Å². The zero-order chi connectivity index (χ0) is 10.3. The Labute approximate surface area is 83.8 Å². The molecule has 5 heteroatoms. The molecular formula is C8H15ClO3S. The van der Waals surface area contributed by atoms with Gasteiger partial charge in [-0.15, -0.1) is 0 Å². The van der Waals surface area contributed by atoms with Crippen LogP contribution in [0.15, 0.2) is 0 Å². The van der Waals surface area contributed by atoms with Crippen LogP contribution in [0.2, 0.25) is 0 Å². The van der Waals surface area contributed by atoms with Gasteiger partial charge in [-0.3, -0.25) is 0 Å². The number of hydrogen-bond acceptors (Lipinski definition) is 3. The van der Waals surface area contributed by atoms with Gasteiger partial charge < -0.3 is 4.74 Å². The van der Waals surface area contributed by atoms with Crippen LogP contribution in [0.25, 0.3) is 0 Å². The lowest BCUT2D eigenvalue weighted by Crippen LogP contribution is -2.42. The van der Waals surface area contributed by atoms with Crippen LogP contribution in [0.4, 0.5) is 0 Å². The van der Waals surface area contributed by atoms with Crippen molar-refractivity contribution >= 4 is 19.7 Å². The number of ether oxygens (including phenoxy) is 1. The van der Waals surface area contributed by atoms with Gasteiger partial charge in [-0.1, -0.05) is 0 Å². The third-order valence-corrected chi connectivity index (χ3v) is 3.91. The summed E-state index contributed by atoms with van der Waals surface area (Å²) in [5.74, 6) is 0. The molecule has 78 valence electrons. The molecule has 0 aromatic rings. The smallest absolute Gasteiger partial charge is 0.235 e. The van der Waals surface area contributed by atoms with Crippen LogP contribution >= 0.6 is 10.7 Å². The van der Waals surface area contributed by atoms with Crippen molar-refractivity contribution in [3.63, 3.8) is 0 Å². The maximum Gasteiger partial charge on any atom is 0.235 e. The molecule has 1 saturated carbocycles. The Hall–Kier alpha value is 0.200. The number of rotatable bonds is 2. The molecule has 0 aromatic heterocycles. The molecule has 13 heavy (non-hydrogen) atoms. The van der Waals surface area contributed by atoms with E-state index in [2.05, 4.69) is 0 Å². The summed E-state index contributed by atoms with van der Waals surface area (Å²) in [6, 6.07) is 0. The van der Waals surface area contributed by atoms with E-state index in [-0.39, 0.29) is 11.7 Å². The molecule has 1 aliphatic rings. The van der Waals surface area contributed by atoms with Gasteiger partial charge in [-0.25, -0.2) is 8.42 Å². The van der Waals surface area contributed by atoms with Gasteiger partial charge in [0.1, 0.15) is 0 Å². The topological polar surface area (TPSA) is 43.4 Å². The standard InChI is InChI=1S/C8H15ClO3S/c1-8(2,3)12-6-4-7(5-6)13(9,10)11/h6-7H,4-5H2,1-3H3. The molecule has 0 aliphatic heterocycles. The Bertz CT molecular complexity index is 272. The quantitative estimate of drug-likeness (QED) is 0.676. The van der Waals surface area contributed by atoms with E-state index < -0.39 is 14.3 Å². The Morgan fingerprint density at radius 1 is 1.31 bits per heavy atom. The zero-order valence-electron chi connectivity index (χ0n) is 8.08. The predicted octanol–water partition coefficient (Wildman–Crippen LogP) is 1.90. The largest absolute Gasteiger partial charge is 0.373 e. The molecule has 1 rings (SSSR count). The molecule has 1 aliphatic carbocycles. The van der Waals surface area contributed by atoms with E-state index in [9.17, 15) is 8.42 Å². The first kappa shape index (κ1) is 11.3. The fourth-order valence-electron chi connectivity index (χ4n) is 1.34. The van der Waals surface area contributed by atoms with E-state index in [0.717, 1.165) is 0 Å². The Morgan fingerprint density at radius 3 is 2.08 bits per heavy atom. The van der Waals surface area contributed by atoms with Crippen LogP contribution in [0, 0.1) is 0 Å². The Morgan fingerprint density at radius 2 is 1.77 bits per heavy atom. The first-order chi connectivity index (χ1) is 5.68. The molecule has 0 bridgehead atoms. The van der Waals surface area contributed by atoms with E-state index >= 15 is 0 Å². The third-order valence-electron chi connectivity index (χ3n) is 1.97. The van der Waals surface area contributed by atoms with Crippen LogP contribution in [-0.2, 0) is 13.8 Å². The molecule has 0 atom stereocenters. The fourth-order valence-corrected chi connectivity index (χ4v) is 2.67. The number of hydrogen-bond donors (Lipinski definition) is 0. The summed E-state index contributed by atoms with van der Waals surface area (Å²) in [5.41, 5.74) is -0.203. The predicted molar refractivity (Wildman–Crippen MR) is 52.4 cm³/mol. The van der Waals surface area contributed by atoms with Gasteiger partial charge in [0.2, 0.25) is 9.05 Å². The molecule has 0 unspecified atom stereocenters. The molecule has 0 radical (unpaired) electrons. The second-order valence-corrected chi connectivity index (χ2v) is 7.33. The SMILES string of the molecule is CC(C)(C)OC1CC(S(=O)(=O)Cl)C1. The first-order valence-electron chi connectivity index (χ1n) is 4.30. The Balaban J connectivity index is 2.35. The van der Waals surface area contributed by atoms with Gasteiger partial charge >= 0.3 is 0 Å². The highest BCUT2D eigenvalue weighted by molar-refractivity contribution is 8.14. The second kappa shape index (κ2) is 3.41. The molecule has 3 nitrogen and oxygen atoms in total. The van der Waals surface area contributed by atoms with Crippen LogP contribution in [0.3, 0.4) is 0 Å². The molecular weight excluding hydrogens is 212 g/mol. The lowest BCUT2D eigenvalue weighted by molar-refractivity contribution is -0.0898. The van der Waals surface area contributed by atoms with E-state index in [1.54, 1.807) is 0 Å². The average molecular weight is 227 g/mol. The summed E-state index contributed by atoms with van der Waals surface area (Å²) < 4.78 is 27.2. The van der Waals surface area contributed by atoms with Crippen LogP contribution < -0.4 is 0 Å². The van der Waals surface area contributed by atoms with Gasteiger partial charge in [-0.05, 0) is 33.6 Å². The molecule has 1 fully saturated rings. The first-order valence-corrected chi connectivity index (χ1v) is 6.67. The number of halogens is 1. The molecule has 0 spiro atoms. The van der Waals surface area contributed by atoms with Gasteiger partial charge in [0.25, 0.3) is 0 Å². The maximum absolute atomic E-state index is 10.8. The molecule has 0 amide bonds. The van der Waals surface area contributed by atoms with Gasteiger partial charge in [0.05, 0.1) is 17.0 Å². The fraction of sp³-hybridized carbons (Fsp3) is 1.00. The normalized spacial score (nSPS) is 29.8. The van der Waals surface area contributed by atoms with Gasteiger partial charge in [0.15, 0.2) is 0 Å². The van der Waals surface area contributed by atoms with E-state index in [1.807, 2.05) is 20.8 Å². The minimum atomic E-state index is -3.36.